The molecule has 234 valence electrons. The maximum absolute atomic E-state index is 13.9. The number of halogens is 1. The fourth-order valence-electron chi connectivity index (χ4n) is 4.70. The van der Waals surface area contributed by atoms with Crippen LogP contribution >= 0.6 is 0 Å². The molecule has 0 unspecified atom stereocenters. The second-order valence-electron chi connectivity index (χ2n) is 9.90. The molecule has 2 heterocycles. The number of hydrogen-bond acceptors (Lipinski definition) is 8. The van der Waals surface area contributed by atoms with Crippen LogP contribution in [0.2, 0.25) is 0 Å². The summed E-state index contributed by atoms with van der Waals surface area (Å²) < 4.78 is 24.7. The molecule has 3 rings (SSSR count). The molecule has 0 atom stereocenters. The molecule has 4 amide bonds. The zero-order valence-corrected chi connectivity index (χ0v) is 25.0. The van der Waals surface area contributed by atoms with Crippen molar-refractivity contribution in [2.75, 3.05) is 64.5 Å². The minimum absolute atomic E-state index is 0.0112. The van der Waals surface area contributed by atoms with Gasteiger partial charge in [0.15, 0.2) is 0 Å². The average molecular weight is 602 g/mol. The van der Waals surface area contributed by atoms with E-state index in [4.69, 9.17) is 14.6 Å². The van der Waals surface area contributed by atoms with Gasteiger partial charge in [0.25, 0.3) is 11.8 Å². The third-order valence-corrected chi connectivity index (χ3v) is 7.10. The maximum atomic E-state index is 13.9. The van der Waals surface area contributed by atoms with E-state index >= 15 is 0 Å². The third-order valence-electron chi connectivity index (χ3n) is 7.10. The van der Waals surface area contributed by atoms with E-state index in [1.807, 2.05) is 13.8 Å². The van der Waals surface area contributed by atoms with Crippen molar-refractivity contribution in [3.8, 4) is 0 Å². The first-order valence-electron chi connectivity index (χ1n) is 14.3. The van der Waals surface area contributed by atoms with E-state index in [9.17, 15) is 23.6 Å². The summed E-state index contributed by atoms with van der Waals surface area (Å²) in [7, 11) is 0. The molecule has 43 heavy (non-hydrogen) atoms. The Morgan fingerprint density at radius 3 is 2.53 bits per heavy atom. The van der Waals surface area contributed by atoms with Gasteiger partial charge in [-0.25, -0.2) is 14.1 Å². The van der Waals surface area contributed by atoms with Gasteiger partial charge in [0.05, 0.1) is 31.0 Å². The summed E-state index contributed by atoms with van der Waals surface area (Å²) in [5, 5.41) is 14.0. The summed E-state index contributed by atoms with van der Waals surface area (Å²) in [5.74, 6) is -1.71. The van der Waals surface area contributed by atoms with E-state index in [2.05, 4.69) is 20.5 Å². The normalized spacial score (nSPS) is 13.3. The predicted molar refractivity (Wildman–Crippen MR) is 159 cm³/mol. The highest BCUT2D eigenvalue weighted by Crippen LogP contribution is 2.34. The molecule has 1 aliphatic heterocycles. The lowest BCUT2D eigenvalue weighted by molar-refractivity contribution is -0.122. The number of rotatable bonds is 15. The lowest BCUT2D eigenvalue weighted by Gasteiger charge is -2.25. The quantitative estimate of drug-likeness (QED) is 0.180. The summed E-state index contributed by atoms with van der Waals surface area (Å²) >= 11 is 0. The number of nitrogens with one attached hydrogen (secondary N) is 3. The van der Waals surface area contributed by atoms with Gasteiger partial charge in [0.1, 0.15) is 12.4 Å². The third kappa shape index (κ3) is 8.72. The number of aliphatic hydroxyl groups is 1. The van der Waals surface area contributed by atoms with Crippen LogP contribution in [0.1, 0.15) is 53.1 Å². The fraction of sp³-hybridized carbons (Fsp3) is 0.467. The van der Waals surface area contributed by atoms with Crippen LogP contribution in [0, 0.1) is 19.7 Å². The molecular weight excluding hydrogens is 561 g/mol. The van der Waals surface area contributed by atoms with Gasteiger partial charge in [0, 0.05) is 48.7 Å². The van der Waals surface area contributed by atoms with Crippen molar-refractivity contribution in [3.63, 3.8) is 0 Å². The second kappa shape index (κ2) is 16.0. The number of benzene rings is 1. The number of aromatic amines is 1. The van der Waals surface area contributed by atoms with Gasteiger partial charge >= 0.3 is 6.09 Å². The van der Waals surface area contributed by atoms with E-state index in [-0.39, 0.29) is 68.9 Å². The van der Waals surface area contributed by atoms with Crippen LogP contribution in [-0.2, 0) is 19.1 Å². The molecule has 0 saturated carbocycles. The number of carbonyl (C=O) groups is 4. The van der Waals surface area contributed by atoms with Crippen molar-refractivity contribution in [1.29, 1.82) is 0 Å². The van der Waals surface area contributed by atoms with Crippen molar-refractivity contribution in [2.45, 2.75) is 34.1 Å². The Balaban J connectivity index is 1.74. The minimum atomic E-state index is -0.823. The molecule has 1 aliphatic rings. The van der Waals surface area contributed by atoms with E-state index in [0.29, 0.717) is 34.7 Å². The number of nitrogens with zero attached hydrogens (tertiary/aromatic N) is 2. The number of hydrogen-bond donors (Lipinski definition) is 4. The Hall–Kier alpha value is -4.07. The number of fused-ring (bicyclic) bond motifs is 1. The van der Waals surface area contributed by atoms with Crippen LogP contribution in [0.3, 0.4) is 0 Å². The SMILES string of the molecule is CCN(CC)CCN(C(=O)OCCOCCNC(=O)CCO)C(=O)c1c(C)[nH]c(C=C2C(=O)Nc3ccc(F)cc32)c1C. The molecule has 13 heteroatoms. The Kier molecular flexibility index (Phi) is 12.4. The first kappa shape index (κ1) is 33.4. The highest BCUT2D eigenvalue weighted by atomic mass is 19.1. The molecule has 0 spiro atoms. The molecule has 0 aliphatic carbocycles. The van der Waals surface area contributed by atoms with Crippen LogP contribution in [0.25, 0.3) is 11.6 Å². The number of aryl methyl sites for hydroxylation is 1. The number of aliphatic hydroxyl groups excluding tert-OH is 1. The number of aromatic nitrogens is 1. The first-order chi connectivity index (χ1) is 20.6. The van der Waals surface area contributed by atoms with Crippen LogP contribution in [0.4, 0.5) is 14.9 Å². The number of ether oxygens (including phenoxy) is 2. The maximum Gasteiger partial charge on any atom is 0.416 e. The first-order valence-corrected chi connectivity index (χ1v) is 14.3. The van der Waals surface area contributed by atoms with Gasteiger partial charge in [-0.2, -0.15) is 0 Å². The molecule has 1 aromatic carbocycles. The zero-order valence-electron chi connectivity index (χ0n) is 25.0. The second-order valence-corrected chi connectivity index (χ2v) is 9.90. The minimum Gasteiger partial charge on any atom is -0.447 e. The van der Waals surface area contributed by atoms with Crippen molar-refractivity contribution in [2.24, 2.45) is 0 Å². The standard InChI is InChI=1S/C30H40FN5O7/c1-5-35(6-2)11-12-36(30(41)43-16-15-42-14-10-32-26(38)9-13-37)29(40)27-19(3)25(33-20(27)4)18-23-22-17-21(31)7-8-24(22)34-28(23)39/h7-8,17-18,33,37H,5-6,9-16H2,1-4H3,(H,32,38)(H,34,39). The van der Waals surface area contributed by atoms with Gasteiger partial charge in [-0.15, -0.1) is 0 Å². The Labute approximate surface area is 250 Å². The van der Waals surface area contributed by atoms with E-state index in [1.54, 1.807) is 19.9 Å². The predicted octanol–water partition coefficient (Wildman–Crippen LogP) is 2.70. The van der Waals surface area contributed by atoms with Crippen LogP contribution in [0.5, 0.6) is 0 Å². The lowest BCUT2D eigenvalue weighted by atomic mass is 10.0. The molecule has 0 saturated heterocycles. The largest absolute Gasteiger partial charge is 0.447 e. The summed E-state index contributed by atoms with van der Waals surface area (Å²) in [6.07, 6.45) is 0.760. The number of carbonyl (C=O) groups excluding carboxylic acids is 4. The van der Waals surface area contributed by atoms with Gasteiger partial charge < -0.3 is 35.1 Å². The van der Waals surface area contributed by atoms with Crippen molar-refractivity contribution >= 4 is 41.2 Å². The number of anilines is 1. The highest BCUT2D eigenvalue weighted by molar-refractivity contribution is 6.35. The number of amides is 4. The van der Waals surface area contributed by atoms with E-state index in [0.717, 1.165) is 18.0 Å². The molecule has 2 aromatic rings. The molecule has 1 aromatic heterocycles. The molecule has 12 nitrogen and oxygen atoms in total. The highest BCUT2D eigenvalue weighted by Gasteiger charge is 2.30. The van der Waals surface area contributed by atoms with Crippen LogP contribution in [0.15, 0.2) is 18.2 Å². The van der Waals surface area contributed by atoms with Gasteiger partial charge in [-0.3, -0.25) is 14.4 Å². The number of likely N-dealkylation sites (N-methyl/N-ethyl adjacent to an activating group) is 1. The summed E-state index contributed by atoms with van der Waals surface area (Å²) in [6, 6.07) is 4.03. The molecule has 4 N–H and O–H groups in total. The Bertz CT molecular complexity index is 1350. The fourth-order valence-corrected chi connectivity index (χ4v) is 4.70. The summed E-state index contributed by atoms with van der Waals surface area (Å²) in [4.78, 5) is 57.2. The topological polar surface area (TPSA) is 153 Å². The average Bonchev–Trinajstić information content (AvgIpc) is 3.43. The molecule has 0 bridgehead atoms. The lowest BCUT2D eigenvalue weighted by Crippen LogP contribution is -2.43. The van der Waals surface area contributed by atoms with Crippen molar-refractivity contribution in [3.05, 3.63) is 52.1 Å². The summed E-state index contributed by atoms with van der Waals surface area (Å²) in [6.45, 7) is 9.54. The zero-order chi connectivity index (χ0) is 31.5. The van der Waals surface area contributed by atoms with E-state index < -0.39 is 17.8 Å². The molecule has 0 fully saturated rings. The van der Waals surface area contributed by atoms with Gasteiger partial charge in [-0.05, 0) is 56.8 Å². The van der Waals surface area contributed by atoms with Crippen molar-refractivity contribution in [1.82, 2.24) is 20.1 Å². The van der Waals surface area contributed by atoms with Crippen molar-refractivity contribution < 1.29 is 38.1 Å². The number of H-pyrrole nitrogens is 1. The van der Waals surface area contributed by atoms with Crippen LogP contribution < -0.4 is 10.6 Å². The smallest absolute Gasteiger partial charge is 0.416 e. The summed E-state index contributed by atoms with van der Waals surface area (Å²) in [5.41, 5.74) is 2.96. The monoisotopic (exact) mass is 601 g/mol. The Morgan fingerprint density at radius 2 is 1.84 bits per heavy atom. The Morgan fingerprint density at radius 1 is 1.09 bits per heavy atom. The number of imide groups is 1. The molecule has 0 radical (unpaired) electrons. The van der Waals surface area contributed by atoms with Gasteiger partial charge in [-0.1, -0.05) is 13.8 Å². The van der Waals surface area contributed by atoms with Crippen LogP contribution in [-0.4, -0.2) is 103 Å². The van der Waals surface area contributed by atoms with Gasteiger partial charge in [0.2, 0.25) is 5.91 Å². The van der Waals surface area contributed by atoms with E-state index in [1.165, 1.54) is 18.2 Å². The molecular formula is C30H40FN5O7.